The van der Waals surface area contributed by atoms with E-state index in [9.17, 15) is 43.2 Å². The predicted molar refractivity (Wildman–Crippen MR) is 358 cm³/mol. The number of hydrogen-bond donors (Lipinski definition) is 3. The Balaban J connectivity index is 5.11. The smallest absolute Gasteiger partial charge is 0.462 e. The minimum Gasteiger partial charge on any atom is -0.462 e. The number of hydrogen-bond acceptors (Lipinski definition) is 15. The molecule has 0 saturated heterocycles. The molecule has 0 aromatic heterocycles. The van der Waals surface area contributed by atoms with Crippen LogP contribution in [0.15, 0.2) is 0 Å². The van der Waals surface area contributed by atoms with Gasteiger partial charge in [-0.1, -0.05) is 305 Å². The molecule has 0 aromatic carbocycles. The molecule has 0 aliphatic carbocycles. The maximum absolute atomic E-state index is 13.0. The maximum atomic E-state index is 13.0. The highest BCUT2D eigenvalue weighted by atomic mass is 31.2. The fourth-order valence-electron chi connectivity index (χ4n) is 10.5. The second-order valence-corrected chi connectivity index (χ2v) is 28.7. The zero-order valence-corrected chi connectivity index (χ0v) is 59.5. The Hall–Kier alpha value is -1.94. The molecule has 4 unspecified atom stereocenters. The van der Waals surface area contributed by atoms with Gasteiger partial charge >= 0.3 is 39.5 Å². The van der Waals surface area contributed by atoms with Gasteiger partial charge in [0.1, 0.15) is 19.3 Å². The van der Waals surface area contributed by atoms with Crippen LogP contribution >= 0.6 is 15.6 Å². The number of aliphatic hydroxyl groups excluding tert-OH is 1. The molecule has 0 rings (SSSR count). The number of phosphoric acid groups is 2. The van der Waals surface area contributed by atoms with Gasteiger partial charge in [-0.25, -0.2) is 9.13 Å². The van der Waals surface area contributed by atoms with Crippen molar-refractivity contribution in [3.8, 4) is 0 Å². The summed E-state index contributed by atoms with van der Waals surface area (Å²) in [5, 5.41) is 10.5. The van der Waals surface area contributed by atoms with E-state index >= 15 is 0 Å². The van der Waals surface area contributed by atoms with E-state index in [2.05, 4.69) is 41.5 Å². The third kappa shape index (κ3) is 62.0. The molecule has 3 N–H and O–H groups in total. The first-order valence-electron chi connectivity index (χ1n) is 36.6. The van der Waals surface area contributed by atoms with Gasteiger partial charge in [-0.15, -0.1) is 0 Å². The van der Waals surface area contributed by atoms with E-state index in [1.807, 2.05) is 0 Å². The van der Waals surface area contributed by atoms with E-state index in [4.69, 9.17) is 37.0 Å². The number of rotatable bonds is 69. The monoisotopic (exact) mass is 1310 g/mol. The summed E-state index contributed by atoms with van der Waals surface area (Å²) in [6.45, 7) is 9.54. The lowest BCUT2D eigenvalue weighted by atomic mass is 9.99. The van der Waals surface area contributed by atoms with Crippen molar-refractivity contribution in [3.05, 3.63) is 0 Å². The molecule has 0 bridgehead atoms. The largest absolute Gasteiger partial charge is 0.472 e. The van der Waals surface area contributed by atoms with Gasteiger partial charge in [-0.2, -0.15) is 0 Å². The third-order valence-electron chi connectivity index (χ3n) is 16.9. The second kappa shape index (κ2) is 62.2. The van der Waals surface area contributed by atoms with Crippen LogP contribution in [0, 0.1) is 11.8 Å². The Morgan fingerprint density at radius 2 is 0.539 bits per heavy atom. The van der Waals surface area contributed by atoms with Crippen LogP contribution in [0.5, 0.6) is 0 Å². The molecule has 89 heavy (non-hydrogen) atoms. The highest BCUT2D eigenvalue weighted by Crippen LogP contribution is 2.45. The van der Waals surface area contributed by atoms with Crippen LogP contribution in [0.2, 0.25) is 0 Å². The van der Waals surface area contributed by atoms with Crippen LogP contribution in [0.3, 0.4) is 0 Å². The molecule has 0 heterocycles. The third-order valence-corrected chi connectivity index (χ3v) is 18.8. The van der Waals surface area contributed by atoms with Crippen molar-refractivity contribution >= 4 is 39.5 Å². The summed E-state index contributed by atoms with van der Waals surface area (Å²) in [6.07, 6.45) is 47.5. The molecule has 0 saturated carbocycles. The van der Waals surface area contributed by atoms with Gasteiger partial charge < -0.3 is 33.8 Å². The van der Waals surface area contributed by atoms with E-state index in [0.717, 1.165) is 121 Å². The van der Waals surface area contributed by atoms with E-state index in [0.29, 0.717) is 25.7 Å². The molecule has 7 atom stereocenters. The molecule has 0 amide bonds. The number of carbonyl (C=O) groups excluding carboxylic acids is 4. The van der Waals surface area contributed by atoms with Crippen LogP contribution in [-0.4, -0.2) is 96.7 Å². The molecule has 0 aliphatic rings. The minimum absolute atomic E-state index is 0.104. The summed E-state index contributed by atoms with van der Waals surface area (Å²) in [7, 11) is -9.89. The van der Waals surface area contributed by atoms with Crippen molar-refractivity contribution in [3.63, 3.8) is 0 Å². The Morgan fingerprint density at radius 1 is 0.315 bits per heavy atom. The van der Waals surface area contributed by atoms with E-state index in [1.165, 1.54) is 154 Å². The first-order valence-corrected chi connectivity index (χ1v) is 39.6. The standard InChI is InChI=1S/C70H136O17P2/c1-7-11-13-15-17-35-42-48-54-69(74)86-65(58-80-67(72)52-46-40-32-16-14-12-8-2)60-84-88(76,77)82-56-64(71)57-83-89(78,79)85-61-66(59-81-68(73)53-47-41-36-31-30-34-39-45-51-63(6)10-4)87-70(75)55-49-43-37-29-27-25-23-21-19-18-20-22-24-26-28-33-38-44-50-62(5)9-3/h62-66,71H,7-61H2,1-6H3,(H,76,77)(H,78,79)/t62?,63?,64-,65+,66+/m0/s1. The molecular formula is C70H136O17P2. The number of esters is 4. The molecule has 0 aromatic rings. The summed E-state index contributed by atoms with van der Waals surface area (Å²) in [6, 6.07) is 0. The first-order chi connectivity index (χ1) is 42.9. The van der Waals surface area contributed by atoms with Crippen LogP contribution < -0.4 is 0 Å². The van der Waals surface area contributed by atoms with Crippen LogP contribution in [0.1, 0.15) is 356 Å². The lowest BCUT2D eigenvalue weighted by Gasteiger charge is -2.21. The van der Waals surface area contributed by atoms with Crippen LogP contribution in [0.4, 0.5) is 0 Å². The normalized spacial score (nSPS) is 14.8. The number of ether oxygens (including phenoxy) is 4. The van der Waals surface area contributed by atoms with E-state index in [-0.39, 0.29) is 25.7 Å². The number of carbonyl (C=O) groups is 4. The van der Waals surface area contributed by atoms with Crippen molar-refractivity contribution in [2.75, 3.05) is 39.6 Å². The Kier molecular flexibility index (Phi) is 60.8. The van der Waals surface area contributed by atoms with E-state index < -0.39 is 97.5 Å². The summed E-state index contributed by atoms with van der Waals surface area (Å²) in [5.74, 6) is -0.485. The highest BCUT2D eigenvalue weighted by molar-refractivity contribution is 7.47. The average Bonchev–Trinajstić information content (AvgIpc) is 3.73. The molecule has 0 aliphatic heterocycles. The average molecular weight is 1310 g/mol. The van der Waals surface area contributed by atoms with Gasteiger partial charge in [-0.3, -0.25) is 37.3 Å². The zero-order chi connectivity index (χ0) is 65.7. The highest BCUT2D eigenvalue weighted by Gasteiger charge is 2.30. The van der Waals surface area contributed by atoms with Gasteiger partial charge in [0.2, 0.25) is 0 Å². The Labute approximate surface area is 543 Å². The van der Waals surface area contributed by atoms with Gasteiger partial charge in [0.05, 0.1) is 26.4 Å². The van der Waals surface area contributed by atoms with Crippen molar-refractivity contribution < 1.29 is 80.2 Å². The summed E-state index contributed by atoms with van der Waals surface area (Å²) in [4.78, 5) is 72.2. The molecular weight excluding hydrogens is 1170 g/mol. The quantitative estimate of drug-likeness (QED) is 0.0222. The van der Waals surface area contributed by atoms with Crippen molar-refractivity contribution in [1.29, 1.82) is 0 Å². The first kappa shape index (κ1) is 87.1. The van der Waals surface area contributed by atoms with E-state index in [1.54, 1.807) is 0 Å². The van der Waals surface area contributed by atoms with Crippen molar-refractivity contribution in [1.82, 2.24) is 0 Å². The molecule has 528 valence electrons. The van der Waals surface area contributed by atoms with Gasteiger partial charge in [0.25, 0.3) is 0 Å². The number of unbranched alkanes of at least 4 members (excludes halogenated alkanes) is 37. The molecule has 17 nitrogen and oxygen atoms in total. The lowest BCUT2D eigenvalue weighted by molar-refractivity contribution is -0.161. The molecule has 0 spiro atoms. The molecule has 19 heteroatoms. The van der Waals surface area contributed by atoms with Crippen molar-refractivity contribution in [2.45, 2.75) is 374 Å². The Morgan fingerprint density at radius 3 is 0.798 bits per heavy atom. The minimum atomic E-state index is -4.95. The fraction of sp³-hybridized carbons (Fsp3) is 0.943. The summed E-state index contributed by atoms with van der Waals surface area (Å²) < 4.78 is 68.0. The Bertz CT molecular complexity index is 1740. The van der Waals surface area contributed by atoms with Gasteiger partial charge in [0.15, 0.2) is 12.2 Å². The SMILES string of the molecule is CCCCCCCCCCC(=O)O[C@H](COC(=O)CCCCCCCCC)COP(=O)(O)OC[C@H](O)COP(=O)(O)OC[C@@H](COC(=O)CCCCCCCCCCC(C)CC)OC(=O)CCCCCCCCCCCCCCCCCCCCC(C)CC. The topological polar surface area (TPSA) is 237 Å². The number of aliphatic hydroxyl groups is 1. The second-order valence-electron chi connectivity index (χ2n) is 25.8. The summed E-state index contributed by atoms with van der Waals surface area (Å²) >= 11 is 0. The van der Waals surface area contributed by atoms with Gasteiger partial charge in [-0.05, 0) is 37.5 Å². The van der Waals surface area contributed by atoms with Crippen LogP contribution in [-0.2, 0) is 65.4 Å². The predicted octanol–water partition coefficient (Wildman–Crippen LogP) is 20.0. The number of phosphoric ester groups is 2. The van der Waals surface area contributed by atoms with Crippen LogP contribution in [0.25, 0.3) is 0 Å². The molecule has 0 radical (unpaired) electrons. The lowest BCUT2D eigenvalue weighted by Crippen LogP contribution is -2.30. The zero-order valence-electron chi connectivity index (χ0n) is 57.7. The fourth-order valence-corrected chi connectivity index (χ4v) is 12.1. The van der Waals surface area contributed by atoms with Crippen molar-refractivity contribution in [2.24, 2.45) is 11.8 Å². The maximum Gasteiger partial charge on any atom is 0.472 e. The molecule has 0 fully saturated rings. The summed E-state index contributed by atoms with van der Waals surface area (Å²) in [5.41, 5.74) is 0. The van der Waals surface area contributed by atoms with Gasteiger partial charge in [0, 0.05) is 25.7 Å².